The molecule has 1 amide bonds. The summed E-state index contributed by atoms with van der Waals surface area (Å²) in [6.45, 7) is 0. The van der Waals surface area contributed by atoms with Crippen LogP contribution in [-0.2, 0) is 4.79 Å². The van der Waals surface area contributed by atoms with E-state index in [1.165, 1.54) is 0 Å². The number of para-hydroxylation sites is 1. The van der Waals surface area contributed by atoms with Gasteiger partial charge in [0.15, 0.2) is 0 Å². The first-order valence-electron chi connectivity index (χ1n) is 3.70. The number of carbonyl (C=O) groups excluding carboxylic acids is 1. The van der Waals surface area contributed by atoms with Gasteiger partial charge < -0.3 is 4.42 Å². The number of carbonyl (C=O) groups is 1. The van der Waals surface area contributed by atoms with Crippen molar-refractivity contribution in [3.63, 3.8) is 0 Å². The normalized spacial score (nSPS) is 8.69. The first-order valence-corrected chi connectivity index (χ1v) is 3.70. The maximum Gasteiger partial charge on any atom is 0.221 e. The Morgan fingerprint density at radius 2 is 2.00 bits per heavy atom. The molecular weight excluding hydrogens is 168 g/mol. The van der Waals surface area contributed by atoms with Gasteiger partial charge in [0.05, 0.1) is 6.26 Å². The number of amides is 1. The van der Waals surface area contributed by atoms with Crippen LogP contribution in [0.25, 0.3) is 11.0 Å². The van der Waals surface area contributed by atoms with E-state index in [1.807, 2.05) is 30.3 Å². The maximum atomic E-state index is 8.94. The minimum absolute atomic E-state index is 0.403. The average Bonchev–Trinajstić information content (AvgIpc) is 2.66. The van der Waals surface area contributed by atoms with E-state index >= 15 is 0 Å². The molecule has 0 unspecified atom stereocenters. The molecular formula is C9H10N2O2. The summed E-state index contributed by atoms with van der Waals surface area (Å²) in [5, 5.41) is 1.16. The third-order valence-corrected chi connectivity index (χ3v) is 1.43. The first kappa shape index (κ1) is 9.28. The molecule has 1 aromatic carbocycles. The quantitative estimate of drug-likeness (QED) is 0.296. The minimum atomic E-state index is 0.403. The zero-order valence-corrected chi connectivity index (χ0v) is 6.94. The minimum Gasteiger partial charge on any atom is -0.464 e. The van der Waals surface area contributed by atoms with E-state index in [0.29, 0.717) is 6.41 Å². The fraction of sp³-hybridized carbons (Fsp3) is 0. The molecule has 0 bridgehead atoms. The molecule has 0 saturated carbocycles. The molecule has 0 atom stereocenters. The molecule has 2 aromatic rings. The van der Waals surface area contributed by atoms with Crippen LogP contribution in [-0.4, -0.2) is 6.41 Å². The Labute approximate surface area is 75.3 Å². The highest BCUT2D eigenvalue weighted by atomic mass is 16.3. The van der Waals surface area contributed by atoms with Crippen molar-refractivity contribution < 1.29 is 9.21 Å². The second kappa shape index (κ2) is 4.95. The Hall–Kier alpha value is -1.81. The van der Waals surface area contributed by atoms with E-state index in [0.717, 1.165) is 11.0 Å². The Morgan fingerprint density at radius 3 is 2.62 bits per heavy atom. The third kappa shape index (κ3) is 2.61. The molecule has 3 N–H and O–H groups in total. The SMILES string of the molecule is NNC=O.c1ccc2occc2c1. The summed E-state index contributed by atoms with van der Waals surface area (Å²) in [6, 6.07) is 9.90. The van der Waals surface area contributed by atoms with Crippen LogP contribution in [0.1, 0.15) is 0 Å². The fourth-order valence-electron chi connectivity index (χ4n) is 0.906. The number of hydrogen-bond acceptors (Lipinski definition) is 3. The van der Waals surface area contributed by atoms with Gasteiger partial charge >= 0.3 is 0 Å². The highest BCUT2D eigenvalue weighted by Gasteiger charge is 1.89. The number of nitrogens with one attached hydrogen (secondary N) is 1. The Balaban J connectivity index is 0.000000184. The van der Waals surface area contributed by atoms with Gasteiger partial charge in [-0.3, -0.25) is 10.2 Å². The Kier molecular flexibility index (Phi) is 3.53. The van der Waals surface area contributed by atoms with Crippen molar-refractivity contribution in [2.45, 2.75) is 0 Å². The highest BCUT2D eigenvalue weighted by Crippen LogP contribution is 2.12. The van der Waals surface area contributed by atoms with Crippen molar-refractivity contribution in [3.8, 4) is 0 Å². The molecule has 0 saturated heterocycles. The zero-order valence-electron chi connectivity index (χ0n) is 6.94. The van der Waals surface area contributed by atoms with Crippen LogP contribution in [0.2, 0.25) is 0 Å². The summed E-state index contributed by atoms with van der Waals surface area (Å²) >= 11 is 0. The smallest absolute Gasteiger partial charge is 0.221 e. The van der Waals surface area contributed by atoms with E-state index in [1.54, 1.807) is 11.7 Å². The molecule has 4 heteroatoms. The number of rotatable bonds is 1. The second-order valence-electron chi connectivity index (χ2n) is 2.24. The molecule has 0 aliphatic heterocycles. The summed E-state index contributed by atoms with van der Waals surface area (Å²) in [5.41, 5.74) is 2.71. The highest BCUT2D eigenvalue weighted by molar-refractivity contribution is 5.76. The number of nitrogens with two attached hydrogens (primary N) is 1. The van der Waals surface area contributed by atoms with Gasteiger partial charge in [-0.05, 0) is 12.1 Å². The molecule has 4 nitrogen and oxygen atoms in total. The lowest BCUT2D eigenvalue weighted by molar-refractivity contribution is -0.109. The summed E-state index contributed by atoms with van der Waals surface area (Å²) in [5.74, 6) is 4.41. The third-order valence-electron chi connectivity index (χ3n) is 1.43. The summed E-state index contributed by atoms with van der Waals surface area (Å²) < 4.78 is 5.12. The number of hydrazine groups is 1. The number of benzene rings is 1. The van der Waals surface area contributed by atoms with Gasteiger partial charge in [0.25, 0.3) is 0 Å². The number of hydrogen-bond donors (Lipinski definition) is 2. The van der Waals surface area contributed by atoms with Crippen LogP contribution in [0.5, 0.6) is 0 Å². The van der Waals surface area contributed by atoms with Crippen LogP contribution in [0.4, 0.5) is 0 Å². The molecule has 0 aliphatic rings. The van der Waals surface area contributed by atoms with Crippen molar-refractivity contribution in [1.29, 1.82) is 0 Å². The fourth-order valence-corrected chi connectivity index (χ4v) is 0.906. The predicted molar refractivity (Wildman–Crippen MR) is 49.6 cm³/mol. The first-order chi connectivity index (χ1) is 6.38. The van der Waals surface area contributed by atoms with Gasteiger partial charge in [-0.1, -0.05) is 18.2 Å². The van der Waals surface area contributed by atoms with Crippen LogP contribution >= 0.6 is 0 Å². The molecule has 1 heterocycles. The lowest BCUT2D eigenvalue weighted by Crippen LogP contribution is -2.18. The molecule has 13 heavy (non-hydrogen) atoms. The van der Waals surface area contributed by atoms with Crippen molar-refractivity contribution in [2.75, 3.05) is 0 Å². The van der Waals surface area contributed by atoms with E-state index in [-0.39, 0.29) is 0 Å². The van der Waals surface area contributed by atoms with Crippen molar-refractivity contribution >= 4 is 17.4 Å². The monoisotopic (exact) mass is 178 g/mol. The van der Waals surface area contributed by atoms with Crippen LogP contribution < -0.4 is 11.3 Å². The molecule has 2 rings (SSSR count). The van der Waals surface area contributed by atoms with Gasteiger partial charge in [-0.25, -0.2) is 5.84 Å². The van der Waals surface area contributed by atoms with E-state index < -0.39 is 0 Å². The lowest BCUT2D eigenvalue weighted by atomic mass is 10.3. The molecule has 0 radical (unpaired) electrons. The molecule has 0 spiro atoms. The zero-order chi connectivity index (χ0) is 9.52. The number of furan rings is 1. The van der Waals surface area contributed by atoms with E-state index in [4.69, 9.17) is 9.21 Å². The van der Waals surface area contributed by atoms with Crippen LogP contribution in [0, 0.1) is 0 Å². The number of fused-ring (bicyclic) bond motifs is 1. The molecule has 0 fully saturated rings. The maximum absolute atomic E-state index is 8.94. The average molecular weight is 178 g/mol. The summed E-state index contributed by atoms with van der Waals surface area (Å²) in [7, 11) is 0. The molecule has 0 aliphatic carbocycles. The van der Waals surface area contributed by atoms with Gasteiger partial charge in [-0.15, -0.1) is 0 Å². The van der Waals surface area contributed by atoms with Crippen LogP contribution in [0.15, 0.2) is 41.0 Å². The Morgan fingerprint density at radius 1 is 1.31 bits per heavy atom. The molecule has 68 valence electrons. The van der Waals surface area contributed by atoms with Crippen molar-refractivity contribution in [2.24, 2.45) is 5.84 Å². The Bertz CT molecular complexity index is 340. The second-order valence-corrected chi connectivity index (χ2v) is 2.24. The largest absolute Gasteiger partial charge is 0.464 e. The molecule has 1 aromatic heterocycles. The van der Waals surface area contributed by atoms with Crippen molar-refractivity contribution in [1.82, 2.24) is 5.43 Å². The predicted octanol–water partition coefficient (Wildman–Crippen LogP) is 1.04. The van der Waals surface area contributed by atoms with Crippen LogP contribution in [0.3, 0.4) is 0 Å². The topological polar surface area (TPSA) is 68.3 Å². The van der Waals surface area contributed by atoms with Gasteiger partial charge in [0.2, 0.25) is 6.41 Å². The van der Waals surface area contributed by atoms with Gasteiger partial charge in [0, 0.05) is 5.39 Å². The van der Waals surface area contributed by atoms with E-state index in [9.17, 15) is 0 Å². The lowest BCUT2D eigenvalue weighted by Gasteiger charge is -1.81. The van der Waals surface area contributed by atoms with Gasteiger partial charge in [-0.2, -0.15) is 0 Å². The van der Waals surface area contributed by atoms with E-state index in [2.05, 4.69) is 5.84 Å². The van der Waals surface area contributed by atoms with Gasteiger partial charge in [0.1, 0.15) is 5.58 Å². The summed E-state index contributed by atoms with van der Waals surface area (Å²) in [4.78, 5) is 8.94. The van der Waals surface area contributed by atoms with Crippen molar-refractivity contribution in [3.05, 3.63) is 36.6 Å². The summed E-state index contributed by atoms with van der Waals surface area (Å²) in [6.07, 6.45) is 2.10. The standard InChI is InChI=1S/C8H6O.CH4N2O/c1-2-4-8-7(3-1)5-6-9-8;2-3-1-4/h1-6H;1H,2H2,(H,3,4).